The quantitative estimate of drug-likeness (QED) is 0.873. The fourth-order valence-corrected chi connectivity index (χ4v) is 2.42. The summed E-state index contributed by atoms with van der Waals surface area (Å²) in [7, 11) is 0. The third kappa shape index (κ3) is 2.78. The molecule has 0 spiro atoms. The van der Waals surface area contributed by atoms with Gasteiger partial charge in [0.25, 0.3) is 0 Å². The normalized spacial score (nSPS) is 18.2. The van der Waals surface area contributed by atoms with Gasteiger partial charge in [0, 0.05) is 24.8 Å². The van der Waals surface area contributed by atoms with Crippen molar-refractivity contribution in [2.45, 2.75) is 45.6 Å². The van der Waals surface area contributed by atoms with E-state index in [2.05, 4.69) is 22.9 Å². The molecule has 0 bridgehead atoms. The van der Waals surface area contributed by atoms with Gasteiger partial charge in [-0.25, -0.2) is 4.98 Å². The number of aromatic nitrogens is 1. The molecule has 0 radical (unpaired) electrons. The van der Waals surface area contributed by atoms with Crippen molar-refractivity contribution in [3.63, 3.8) is 0 Å². The number of nitrogens with zero attached hydrogens (tertiary/aromatic N) is 2. The second-order valence-electron chi connectivity index (χ2n) is 4.87. The van der Waals surface area contributed by atoms with Gasteiger partial charge < -0.3 is 10.0 Å². The van der Waals surface area contributed by atoms with Crippen LogP contribution in [0.15, 0.2) is 12.3 Å². The van der Waals surface area contributed by atoms with E-state index in [4.69, 9.17) is 0 Å². The van der Waals surface area contributed by atoms with Crippen molar-refractivity contribution in [3.8, 4) is 0 Å². The Morgan fingerprint density at radius 2 is 2.06 bits per heavy atom. The van der Waals surface area contributed by atoms with Crippen LogP contribution in [0.4, 0.5) is 5.82 Å². The number of aryl methyl sites for hydroxylation is 1. The zero-order chi connectivity index (χ0) is 12.3. The zero-order valence-electron chi connectivity index (χ0n) is 10.8. The van der Waals surface area contributed by atoms with Crippen molar-refractivity contribution in [1.29, 1.82) is 0 Å². The molecule has 1 aliphatic rings. The Kier molecular flexibility index (Phi) is 4.00. The van der Waals surface area contributed by atoms with Crippen LogP contribution in [0.3, 0.4) is 0 Å². The first kappa shape index (κ1) is 12.4. The fourth-order valence-electron chi connectivity index (χ4n) is 2.42. The Morgan fingerprint density at radius 3 is 2.65 bits per heavy atom. The summed E-state index contributed by atoms with van der Waals surface area (Å²) in [5.41, 5.74) is 2.11. The second-order valence-corrected chi connectivity index (χ2v) is 4.87. The van der Waals surface area contributed by atoms with Crippen molar-refractivity contribution in [2.75, 3.05) is 18.0 Å². The molecular weight excluding hydrogens is 212 g/mol. The van der Waals surface area contributed by atoms with Crippen molar-refractivity contribution < 1.29 is 5.11 Å². The number of aliphatic hydroxyl groups excluding tert-OH is 1. The van der Waals surface area contributed by atoms with Gasteiger partial charge >= 0.3 is 0 Å². The van der Waals surface area contributed by atoms with Gasteiger partial charge in [-0.1, -0.05) is 6.92 Å². The van der Waals surface area contributed by atoms with Crippen LogP contribution >= 0.6 is 0 Å². The smallest absolute Gasteiger partial charge is 0.128 e. The van der Waals surface area contributed by atoms with Crippen LogP contribution in [0.25, 0.3) is 0 Å². The summed E-state index contributed by atoms with van der Waals surface area (Å²) in [6.45, 7) is 6.27. The lowest BCUT2D eigenvalue weighted by Gasteiger charge is -2.28. The van der Waals surface area contributed by atoms with Gasteiger partial charge in [0.1, 0.15) is 5.82 Å². The molecule has 1 atom stereocenters. The largest absolute Gasteiger partial charge is 0.388 e. The van der Waals surface area contributed by atoms with E-state index >= 15 is 0 Å². The van der Waals surface area contributed by atoms with E-state index < -0.39 is 0 Å². The minimum Gasteiger partial charge on any atom is -0.388 e. The second kappa shape index (κ2) is 5.50. The molecule has 0 unspecified atom stereocenters. The Morgan fingerprint density at radius 1 is 1.35 bits per heavy atom. The maximum atomic E-state index is 9.86. The van der Waals surface area contributed by atoms with Gasteiger partial charge in [-0.15, -0.1) is 0 Å². The molecule has 3 nitrogen and oxygen atoms in total. The zero-order valence-corrected chi connectivity index (χ0v) is 10.8. The molecule has 94 valence electrons. The van der Waals surface area contributed by atoms with Crippen molar-refractivity contribution >= 4 is 5.82 Å². The van der Waals surface area contributed by atoms with Crippen molar-refractivity contribution in [3.05, 3.63) is 23.4 Å². The van der Waals surface area contributed by atoms with Crippen molar-refractivity contribution in [2.24, 2.45) is 0 Å². The predicted molar refractivity (Wildman–Crippen MR) is 70.3 cm³/mol. The molecule has 3 heteroatoms. The summed E-state index contributed by atoms with van der Waals surface area (Å²) >= 11 is 0. The van der Waals surface area contributed by atoms with E-state index in [9.17, 15) is 5.11 Å². The molecule has 1 N–H and O–H groups in total. The lowest BCUT2D eigenvalue weighted by Crippen LogP contribution is -2.30. The van der Waals surface area contributed by atoms with E-state index in [1.807, 2.05) is 13.1 Å². The SMILES string of the molecule is CC[C@@H](O)c1cnc(N2CCCCC2)cc1C. The lowest BCUT2D eigenvalue weighted by atomic mass is 10.0. The van der Waals surface area contributed by atoms with E-state index in [0.29, 0.717) is 0 Å². The van der Waals surface area contributed by atoms with Crippen LogP contribution in [0, 0.1) is 6.92 Å². The highest BCUT2D eigenvalue weighted by Crippen LogP contribution is 2.24. The molecule has 0 saturated carbocycles. The summed E-state index contributed by atoms with van der Waals surface area (Å²) in [4.78, 5) is 6.84. The summed E-state index contributed by atoms with van der Waals surface area (Å²) in [6, 6.07) is 2.11. The highest BCUT2D eigenvalue weighted by atomic mass is 16.3. The van der Waals surface area contributed by atoms with Crippen molar-refractivity contribution in [1.82, 2.24) is 4.98 Å². The minimum absolute atomic E-state index is 0.377. The van der Waals surface area contributed by atoms with Gasteiger partial charge in [0.2, 0.25) is 0 Å². The van der Waals surface area contributed by atoms with E-state index in [-0.39, 0.29) is 6.10 Å². The molecule has 1 fully saturated rings. The Bertz CT molecular complexity index is 372. The van der Waals surface area contributed by atoms with E-state index in [1.54, 1.807) is 0 Å². The molecule has 1 aromatic heterocycles. The number of pyridine rings is 1. The maximum absolute atomic E-state index is 9.86. The highest BCUT2D eigenvalue weighted by Gasteiger charge is 2.14. The standard InChI is InChI=1S/C14H22N2O/c1-3-13(17)12-10-15-14(9-11(12)2)16-7-5-4-6-8-16/h9-10,13,17H,3-8H2,1-2H3/t13-/m1/s1. The molecule has 1 aromatic rings. The Labute approximate surface area is 103 Å². The predicted octanol–water partition coefficient (Wildman–Crippen LogP) is 2.82. The van der Waals surface area contributed by atoms with Gasteiger partial charge in [-0.3, -0.25) is 0 Å². The monoisotopic (exact) mass is 234 g/mol. The van der Waals surface area contributed by atoms with Crippen LogP contribution in [0.5, 0.6) is 0 Å². The molecule has 0 aromatic carbocycles. The topological polar surface area (TPSA) is 36.4 Å². The first-order valence-electron chi connectivity index (χ1n) is 6.62. The maximum Gasteiger partial charge on any atom is 0.128 e. The molecule has 1 saturated heterocycles. The van der Waals surface area contributed by atoms with Gasteiger partial charge in [-0.05, 0) is 44.2 Å². The summed E-state index contributed by atoms with van der Waals surface area (Å²) in [6.07, 6.45) is 6.07. The number of anilines is 1. The molecule has 2 rings (SSSR count). The number of hydrogen-bond donors (Lipinski definition) is 1. The average Bonchev–Trinajstić information content (AvgIpc) is 2.39. The van der Waals surface area contributed by atoms with Crippen LogP contribution in [-0.2, 0) is 0 Å². The van der Waals surface area contributed by atoms with E-state index in [0.717, 1.165) is 36.5 Å². The number of rotatable bonds is 3. The third-order valence-electron chi connectivity index (χ3n) is 3.56. The fraction of sp³-hybridized carbons (Fsp3) is 0.643. The molecule has 0 amide bonds. The van der Waals surface area contributed by atoms with Crippen LogP contribution < -0.4 is 4.90 Å². The van der Waals surface area contributed by atoms with Gasteiger partial charge in [0.05, 0.1) is 6.10 Å². The van der Waals surface area contributed by atoms with E-state index in [1.165, 1.54) is 19.3 Å². The molecule has 1 aliphatic heterocycles. The molecule has 0 aliphatic carbocycles. The summed E-state index contributed by atoms with van der Waals surface area (Å²) in [5.74, 6) is 1.06. The van der Waals surface area contributed by atoms with Crippen LogP contribution in [0.2, 0.25) is 0 Å². The summed E-state index contributed by atoms with van der Waals surface area (Å²) in [5, 5.41) is 9.86. The lowest BCUT2D eigenvalue weighted by molar-refractivity contribution is 0.172. The molecule has 17 heavy (non-hydrogen) atoms. The number of aliphatic hydroxyl groups is 1. The number of piperidine rings is 1. The average molecular weight is 234 g/mol. The number of hydrogen-bond acceptors (Lipinski definition) is 3. The van der Waals surface area contributed by atoms with Gasteiger partial charge in [-0.2, -0.15) is 0 Å². The van der Waals surface area contributed by atoms with Crippen LogP contribution in [-0.4, -0.2) is 23.2 Å². The third-order valence-corrected chi connectivity index (χ3v) is 3.56. The first-order valence-corrected chi connectivity index (χ1v) is 6.62. The highest BCUT2D eigenvalue weighted by molar-refractivity contribution is 5.44. The molecule has 2 heterocycles. The summed E-state index contributed by atoms with van der Waals surface area (Å²) < 4.78 is 0. The van der Waals surface area contributed by atoms with Gasteiger partial charge in [0.15, 0.2) is 0 Å². The minimum atomic E-state index is -0.377. The van der Waals surface area contributed by atoms with Crippen LogP contribution in [0.1, 0.15) is 49.8 Å². The Balaban J connectivity index is 2.17. The Hall–Kier alpha value is -1.09. The first-order chi connectivity index (χ1) is 8.22. The molecular formula is C14H22N2O.